The van der Waals surface area contributed by atoms with Crippen LogP contribution in [0.1, 0.15) is 13.8 Å². The fourth-order valence-electron chi connectivity index (χ4n) is 1.55. The lowest BCUT2D eigenvalue weighted by Crippen LogP contribution is -2.28. The first-order chi connectivity index (χ1) is 8.93. The second-order valence-corrected chi connectivity index (χ2v) is 4.32. The lowest BCUT2D eigenvalue weighted by molar-refractivity contribution is -0.119. The molecular weight excluding hydrogens is 249 g/mol. The van der Waals surface area contributed by atoms with Crippen LogP contribution in [0.2, 0.25) is 0 Å². The molecule has 5 nitrogen and oxygen atoms in total. The van der Waals surface area contributed by atoms with E-state index in [0.717, 1.165) is 0 Å². The van der Waals surface area contributed by atoms with E-state index in [1.165, 1.54) is 25.1 Å². The molecule has 104 valence electrons. The summed E-state index contributed by atoms with van der Waals surface area (Å²) in [7, 11) is 1.76. The van der Waals surface area contributed by atoms with E-state index in [-0.39, 0.29) is 23.4 Å². The summed E-state index contributed by atoms with van der Waals surface area (Å²) in [6, 6.07) is 4.04. The van der Waals surface area contributed by atoms with Gasteiger partial charge in [0.1, 0.15) is 5.82 Å². The van der Waals surface area contributed by atoms with Crippen LogP contribution in [0.4, 0.5) is 15.8 Å². The van der Waals surface area contributed by atoms with Gasteiger partial charge < -0.3 is 16.0 Å². The minimum atomic E-state index is -0.545. The Morgan fingerprint density at radius 2 is 2.00 bits per heavy atom. The van der Waals surface area contributed by atoms with Crippen molar-refractivity contribution in [1.82, 2.24) is 5.32 Å². The first kappa shape index (κ1) is 15.1. The van der Waals surface area contributed by atoms with Gasteiger partial charge in [0, 0.05) is 25.1 Å². The number of hydrogen-bond donors (Lipinski definition) is 3. The van der Waals surface area contributed by atoms with Gasteiger partial charge in [0.05, 0.1) is 5.69 Å². The van der Waals surface area contributed by atoms with Gasteiger partial charge in [-0.2, -0.15) is 0 Å². The molecule has 2 amide bonds. The van der Waals surface area contributed by atoms with Crippen LogP contribution in [0.5, 0.6) is 0 Å². The van der Waals surface area contributed by atoms with Crippen LogP contribution >= 0.6 is 0 Å². The highest BCUT2D eigenvalue weighted by Crippen LogP contribution is 2.20. The number of anilines is 2. The van der Waals surface area contributed by atoms with E-state index in [1.807, 2.05) is 0 Å². The summed E-state index contributed by atoms with van der Waals surface area (Å²) in [6.07, 6.45) is 0. The molecule has 0 spiro atoms. The summed E-state index contributed by atoms with van der Waals surface area (Å²) in [6.45, 7) is 3.62. The lowest BCUT2D eigenvalue weighted by Gasteiger charge is -2.13. The van der Waals surface area contributed by atoms with E-state index in [2.05, 4.69) is 16.0 Å². The summed E-state index contributed by atoms with van der Waals surface area (Å²) in [5.74, 6) is -1.29. The van der Waals surface area contributed by atoms with Gasteiger partial charge in [-0.1, -0.05) is 6.92 Å². The first-order valence-corrected chi connectivity index (χ1v) is 5.96. The third-order valence-electron chi connectivity index (χ3n) is 2.50. The van der Waals surface area contributed by atoms with Crippen LogP contribution in [0, 0.1) is 11.7 Å². The van der Waals surface area contributed by atoms with Crippen LogP contribution in [0.15, 0.2) is 18.2 Å². The topological polar surface area (TPSA) is 70.2 Å². The largest absolute Gasteiger partial charge is 0.326 e. The van der Waals surface area contributed by atoms with Crippen molar-refractivity contribution < 1.29 is 14.0 Å². The minimum absolute atomic E-state index is 0.0477. The Morgan fingerprint density at radius 1 is 1.32 bits per heavy atom. The van der Waals surface area contributed by atoms with Gasteiger partial charge in [-0.15, -0.1) is 0 Å². The average Bonchev–Trinajstić information content (AvgIpc) is 2.33. The van der Waals surface area contributed by atoms with E-state index >= 15 is 0 Å². The summed E-state index contributed by atoms with van der Waals surface area (Å²) in [5, 5.41) is 7.94. The van der Waals surface area contributed by atoms with Crippen molar-refractivity contribution in [3.63, 3.8) is 0 Å². The summed E-state index contributed by atoms with van der Waals surface area (Å²) < 4.78 is 13.4. The summed E-state index contributed by atoms with van der Waals surface area (Å²) >= 11 is 0. The van der Waals surface area contributed by atoms with Gasteiger partial charge >= 0.3 is 0 Å². The zero-order chi connectivity index (χ0) is 14.4. The SMILES string of the molecule is CNCC(C)C(=O)Nc1ccc(F)c(NC(C)=O)c1. The van der Waals surface area contributed by atoms with Crippen LogP contribution < -0.4 is 16.0 Å². The van der Waals surface area contributed by atoms with Gasteiger partial charge in [0.2, 0.25) is 11.8 Å². The minimum Gasteiger partial charge on any atom is -0.326 e. The van der Waals surface area contributed by atoms with Crippen LogP contribution in [-0.4, -0.2) is 25.4 Å². The lowest BCUT2D eigenvalue weighted by atomic mass is 10.1. The molecule has 0 bridgehead atoms. The molecule has 1 aromatic carbocycles. The van der Waals surface area contributed by atoms with E-state index in [0.29, 0.717) is 12.2 Å². The van der Waals surface area contributed by atoms with Gasteiger partial charge in [-0.25, -0.2) is 4.39 Å². The Labute approximate surface area is 111 Å². The maximum atomic E-state index is 13.4. The quantitative estimate of drug-likeness (QED) is 0.758. The maximum Gasteiger partial charge on any atom is 0.228 e. The molecule has 0 aliphatic rings. The van der Waals surface area contributed by atoms with E-state index < -0.39 is 5.82 Å². The monoisotopic (exact) mass is 267 g/mol. The molecule has 0 fully saturated rings. The zero-order valence-corrected chi connectivity index (χ0v) is 11.2. The Morgan fingerprint density at radius 3 is 2.58 bits per heavy atom. The summed E-state index contributed by atoms with van der Waals surface area (Å²) in [4.78, 5) is 22.7. The number of carbonyl (C=O) groups is 2. The highest BCUT2D eigenvalue weighted by Gasteiger charge is 2.13. The Balaban J connectivity index is 2.79. The molecule has 0 saturated carbocycles. The fourth-order valence-corrected chi connectivity index (χ4v) is 1.55. The maximum absolute atomic E-state index is 13.4. The molecule has 0 radical (unpaired) electrons. The molecule has 1 aromatic rings. The molecule has 0 aliphatic carbocycles. The predicted molar refractivity (Wildman–Crippen MR) is 72.4 cm³/mol. The average molecular weight is 267 g/mol. The molecular formula is C13H18FN3O2. The smallest absolute Gasteiger partial charge is 0.228 e. The van der Waals surface area contributed by atoms with Crippen molar-refractivity contribution in [3.05, 3.63) is 24.0 Å². The normalized spacial score (nSPS) is 11.8. The number of halogens is 1. The number of amides is 2. The van der Waals surface area contributed by atoms with Crippen LogP contribution in [0.25, 0.3) is 0 Å². The number of rotatable bonds is 5. The van der Waals surface area contributed by atoms with Crippen molar-refractivity contribution in [2.24, 2.45) is 5.92 Å². The molecule has 1 rings (SSSR count). The Hall–Kier alpha value is -1.95. The predicted octanol–water partition coefficient (Wildman–Crippen LogP) is 1.58. The van der Waals surface area contributed by atoms with Crippen molar-refractivity contribution in [1.29, 1.82) is 0 Å². The molecule has 19 heavy (non-hydrogen) atoms. The van der Waals surface area contributed by atoms with Gasteiger partial charge in [-0.3, -0.25) is 9.59 Å². The molecule has 0 aromatic heterocycles. The highest BCUT2D eigenvalue weighted by molar-refractivity contribution is 5.94. The molecule has 1 unspecified atom stereocenters. The molecule has 0 aliphatic heterocycles. The zero-order valence-electron chi connectivity index (χ0n) is 11.2. The standard InChI is InChI=1S/C13H18FN3O2/c1-8(7-15-3)13(19)17-10-4-5-11(14)12(6-10)16-9(2)18/h4-6,8,15H,7H2,1-3H3,(H,16,18)(H,17,19). The van der Waals surface area contributed by atoms with Crippen LogP contribution in [0.3, 0.4) is 0 Å². The van der Waals surface area contributed by atoms with Gasteiger partial charge in [0.25, 0.3) is 0 Å². The Kier molecular flexibility index (Phi) is 5.44. The molecule has 0 saturated heterocycles. The van der Waals surface area contributed by atoms with Crippen molar-refractivity contribution >= 4 is 23.2 Å². The number of nitrogens with one attached hydrogen (secondary N) is 3. The number of carbonyl (C=O) groups excluding carboxylic acids is 2. The fraction of sp³-hybridized carbons (Fsp3) is 0.385. The van der Waals surface area contributed by atoms with E-state index in [4.69, 9.17) is 0 Å². The van der Waals surface area contributed by atoms with Crippen molar-refractivity contribution in [2.45, 2.75) is 13.8 Å². The van der Waals surface area contributed by atoms with Gasteiger partial charge in [-0.05, 0) is 25.2 Å². The van der Waals surface area contributed by atoms with Crippen molar-refractivity contribution in [3.8, 4) is 0 Å². The second kappa shape index (κ2) is 6.84. The first-order valence-electron chi connectivity index (χ1n) is 5.96. The summed E-state index contributed by atoms with van der Waals surface area (Å²) in [5.41, 5.74) is 0.490. The number of benzene rings is 1. The molecule has 0 heterocycles. The third-order valence-corrected chi connectivity index (χ3v) is 2.50. The Bertz CT molecular complexity index is 477. The van der Waals surface area contributed by atoms with Crippen LogP contribution in [-0.2, 0) is 9.59 Å². The third kappa shape index (κ3) is 4.67. The second-order valence-electron chi connectivity index (χ2n) is 4.32. The van der Waals surface area contributed by atoms with Gasteiger partial charge in [0.15, 0.2) is 0 Å². The van der Waals surface area contributed by atoms with E-state index in [9.17, 15) is 14.0 Å². The molecule has 3 N–H and O–H groups in total. The van der Waals surface area contributed by atoms with E-state index in [1.54, 1.807) is 14.0 Å². The highest BCUT2D eigenvalue weighted by atomic mass is 19.1. The molecule has 6 heteroatoms. The number of hydrogen-bond acceptors (Lipinski definition) is 3. The molecule has 1 atom stereocenters. The van der Waals surface area contributed by atoms with Crippen molar-refractivity contribution in [2.75, 3.05) is 24.2 Å².